The summed E-state index contributed by atoms with van der Waals surface area (Å²) in [7, 11) is 4.11. The molecule has 0 bridgehead atoms. The number of aryl methyl sites for hydroxylation is 1. The molecule has 0 aliphatic carbocycles. The summed E-state index contributed by atoms with van der Waals surface area (Å²) >= 11 is 0. The Morgan fingerprint density at radius 2 is 1.64 bits per heavy atom. The Hall–Kier alpha value is -2.33. The second-order valence-corrected chi connectivity index (χ2v) is 7.10. The van der Waals surface area contributed by atoms with Gasteiger partial charge < -0.3 is 9.80 Å². The minimum Gasteiger partial charge on any atom is -0.378 e. The van der Waals surface area contributed by atoms with Gasteiger partial charge in [-0.15, -0.1) is 0 Å². The third-order valence-corrected chi connectivity index (χ3v) is 4.80. The van der Waals surface area contributed by atoms with Crippen LogP contribution in [0.15, 0.2) is 53.6 Å². The summed E-state index contributed by atoms with van der Waals surface area (Å²) in [6.07, 6.45) is 1.98. The summed E-state index contributed by atoms with van der Waals surface area (Å²) in [6, 6.07) is 17.4. The first-order chi connectivity index (χ1) is 12.1. The van der Waals surface area contributed by atoms with E-state index in [9.17, 15) is 0 Å². The third kappa shape index (κ3) is 5.07. The van der Waals surface area contributed by atoms with E-state index in [2.05, 4.69) is 84.6 Å². The Kier molecular flexibility index (Phi) is 5.71. The maximum Gasteiger partial charge on any atom is 0.103 e. The van der Waals surface area contributed by atoms with Crippen LogP contribution >= 0.6 is 0 Å². The average Bonchev–Trinajstić information content (AvgIpc) is 2.63. The molecule has 132 valence electrons. The van der Waals surface area contributed by atoms with Crippen molar-refractivity contribution in [2.75, 3.05) is 45.2 Å². The number of hydrogen-bond acceptors (Lipinski definition) is 3. The fraction of sp³-hybridized carbons (Fsp3) is 0.381. The second-order valence-electron chi connectivity index (χ2n) is 7.10. The van der Waals surface area contributed by atoms with Crippen LogP contribution in [-0.4, -0.2) is 51.5 Å². The Morgan fingerprint density at radius 1 is 1.00 bits per heavy atom. The monoisotopic (exact) mass is 337 g/mol. The topological polar surface area (TPSA) is 23.3 Å². The van der Waals surface area contributed by atoms with E-state index in [1.807, 2.05) is 6.21 Å². The molecule has 0 radical (unpaired) electrons. The van der Waals surface area contributed by atoms with Crippen LogP contribution in [0.5, 0.6) is 0 Å². The van der Waals surface area contributed by atoms with Crippen LogP contribution in [0.2, 0.25) is 0 Å². The van der Waals surface area contributed by atoms with Crippen LogP contribution in [0.3, 0.4) is 0 Å². The van der Waals surface area contributed by atoms with Crippen LogP contribution in [0.4, 0.5) is 5.69 Å². The van der Waals surface area contributed by atoms with E-state index >= 15 is 0 Å². The summed E-state index contributed by atoms with van der Waals surface area (Å²) < 4.78 is 0. The highest BCUT2D eigenvalue weighted by Gasteiger charge is 2.18. The Morgan fingerprint density at radius 3 is 2.24 bits per heavy atom. The molecule has 0 spiro atoms. The third-order valence-electron chi connectivity index (χ3n) is 4.80. The Labute approximate surface area is 151 Å². The van der Waals surface area contributed by atoms with Gasteiger partial charge in [0.2, 0.25) is 0 Å². The van der Waals surface area contributed by atoms with Crippen LogP contribution in [0, 0.1) is 6.92 Å². The van der Waals surface area contributed by atoms with Crippen molar-refractivity contribution in [2.24, 2.45) is 5.10 Å². The van der Waals surface area contributed by atoms with Crippen molar-refractivity contribution < 1.29 is 4.90 Å². The summed E-state index contributed by atoms with van der Waals surface area (Å²) in [5.41, 5.74) is 5.13. The minimum absolute atomic E-state index is 1.02. The molecule has 1 fully saturated rings. The van der Waals surface area contributed by atoms with E-state index in [0.29, 0.717) is 0 Å². The van der Waals surface area contributed by atoms with Crippen LogP contribution < -0.4 is 9.80 Å². The molecule has 4 nitrogen and oxygen atoms in total. The van der Waals surface area contributed by atoms with Crippen LogP contribution in [-0.2, 0) is 6.54 Å². The second kappa shape index (κ2) is 8.17. The number of hydrazone groups is 1. The van der Waals surface area contributed by atoms with Gasteiger partial charge in [-0.2, -0.15) is 5.10 Å². The van der Waals surface area contributed by atoms with Gasteiger partial charge in [-0.05, 0) is 24.6 Å². The quantitative estimate of drug-likeness (QED) is 0.841. The maximum atomic E-state index is 4.66. The average molecular weight is 337 g/mol. The first kappa shape index (κ1) is 17.5. The van der Waals surface area contributed by atoms with Crippen molar-refractivity contribution in [1.82, 2.24) is 5.01 Å². The Bertz CT molecular complexity index is 681. The van der Waals surface area contributed by atoms with Crippen LogP contribution in [0.1, 0.15) is 16.7 Å². The zero-order valence-corrected chi connectivity index (χ0v) is 15.6. The van der Waals surface area contributed by atoms with Gasteiger partial charge in [-0.25, -0.2) is 0 Å². The SMILES string of the molecule is Cc1ccc(C[NH+]2CCN(/N=C\c3ccc(N(C)C)cc3)CC2)cc1. The molecular formula is C21H29N4+. The molecule has 1 saturated heterocycles. The first-order valence-electron chi connectivity index (χ1n) is 9.05. The molecule has 0 unspecified atom stereocenters. The lowest BCUT2D eigenvalue weighted by molar-refractivity contribution is -0.918. The molecule has 0 atom stereocenters. The lowest BCUT2D eigenvalue weighted by Gasteiger charge is -2.30. The van der Waals surface area contributed by atoms with Crippen molar-refractivity contribution in [2.45, 2.75) is 13.5 Å². The maximum absolute atomic E-state index is 4.66. The van der Waals surface area contributed by atoms with E-state index in [-0.39, 0.29) is 0 Å². The molecule has 1 N–H and O–H groups in total. The summed E-state index contributed by atoms with van der Waals surface area (Å²) in [6.45, 7) is 7.59. The van der Waals surface area contributed by atoms with Crippen molar-refractivity contribution in [3.05, 3.63) is 65.2 Å². The van der Waals surface area contributed by atoms with E-state index in [1.165, 1.54) is 16.8 Å². The van der Waals surface area contributed by atoms with Gasteiger partial charge in [0.1, 0.15) is 6.54 Å². The standard InChI is InChI=1S/C21H28N4/c1-18-4-6-20(7-5-18)17-24-12-14-25(15-13-24)22-16-19-8-10-21(11-9-19)23(2)3/h4-11,16H,12-15,17H2,1-3H3/p+1/b22-16-. The molecule has 4 heteroatoms. The van der Waals surface area contributed by atoms with Crippen molar-refractivity contribution in [3.8, 4) is 0 Å². The van der Waals surface area contributed by atoms with Crippen LogP contribution in [0.25, 0.3) is 0 Å². The van der Waals surface area contributed by atoms with Gasteiger partial charge in [0.25, 0.3) is 0 Å². The van der Waals surface area contributed by atoms with Crippen molar-refractivity contribution >= 4 is 11.9 Å². The smallest absolute Gasteiger partial charge is 0.103 e. The minimum atomic E-state index is 1.02. The van der Waals surface area contributed by atoms with Crippen molar-refractivity contribution in [3.63, 3.8) is 0 Å². The number of piperazine rings is 1. The molecule has 1 heterocycles. The van der Waals surface area contributed by atoms with E-state index in [4.69, 9.17) is 0 Å². The molecule has 25 heavy (non-hydrogen) atoms. The van der Waals surface area contributed by atoms with E-state index in [1.54, 1.807) is 4.90 Å². The number of hydrogen-bond donors (Lipinski definition) is 1. The number of anilines is 1. The van der Waals surface area contributed by atoms with Gasteiger partial charge in [0, 0.05) is 25.3 Å². The number of nitrogens with one attached hydrogen (secondary N) is 1. The van der Waals surface area contributed by atoms with Gasteiger partial charge in [0.05, 0.1) is 32.4 Å². The number of nitrogens with zero attached hydrogens (tertiary/aromatic N) is 3. The highest BCUT2D eigenvalue weighted by molar-refractivity contribution is 5.80. The van der Waals surface area contributed by atoms with Gasteiger partial charge in [0.15, 0.2) is 0 Å². The molecule has 2 aromatic carbocycles. The number of quaternary nitrogens is 1. The van der Waals surface area contributed by atoms with E-state index in [0.717, 1.165) is 38.3 Å². The highest BCUT2D eigenvalue weighted by Crippen LogP contribution is 2.11. The molecule has 0 amide bonds. The molecule has 1 aliphatic rings. The highest BCUT2D eigenvalue weighted by atomic mass is 15.5. The molecule has 1 aliphatic heterocycles. The zero-order chi connectivity index (χ0) is 17.6. The summed E-state index contributed by atoms with van der Waals surface area (Å²) in [5, 5.41) is 6.86. The Balaban J connectivity index is 1.47. The lowest BCUT2D eigenvalue weighted by atomic mass is 10.1. The lowest BCUT2D eigenvalue weighted by Crippen LogP contribution is -3.13. The molecule has 0 aromatic heterocycles. The summed E-state index contributed by atoms with van der Waals surface area (Å²) in [4.78, 5) is 3.75. The fourth-order valence-corrected chi connectivity index (χ4v) is 3.10. The first-order valence-corrected chi connectivity index (χ1v) is 9.05. The summed E-state index contributed by atoms with van der Waals surface area (Å²) in [5.74, 6) is 0. The zero-order valence-electron chi connectivity index (χ0n) is 15.6. The molecule has 2 aromatic rings. The number of rotatable bonds is 5. The molecular weight excluding hydrogens is 308 g/mol. The van der Waals surface area contributed by atoms with Gasteiger partial charge in [-0.1, -0.05) is 42.0 Å². The molecule has 0 saturated carbocycles. The fourth-order valence-electron chi connectivity index (χ4n) is 3.10. The largest absolute Gasteiger partial charge is 0.378 e. The van der Waals surface area contributed by atoms with E-state index < -0.39 is 0 Å². The number of benzene rings is 2. The molecule has 3 rings (SSSR count). The predicted molar refractivity (Wildman–Crippen MR) is 106 cm³/mol. The predicted octanol–water partition coefficient (Wildman–Crippen LogP) is 1.80. The van der Waals surface area contributed by atoms with Gasteiger partial charge >= 0.3 is 0 Å². The van der Waals surface area contributed by atoms with Gasteiger partial charge in [-0.3, -0.25) is 5.01 Å². The normalized spacial score (nSPS) is 15.7. The van der Waals surface area contributed by atoms with Crippen molar-refractivity contribution in [1.29, 1.82) is 0 Å².